The van der Waals surface area contributed by atoms with Crippen LogP contribution in [0.1, 0.15) is 28.7 Å². The molecule has 0 spiro atoms. The Morgan fingerprint density at radius 1 is 1.16 bits per heavy atom. The fraction of sp³-hybridized carbons (Fsp3) is 0.318. The van der Waals surface area contributed by atoms with Crippen molar-refractivity contribution in [2.75, 3.05) is 12.4 Å². The van der Waals surface area contributed by atoms with Crippen molar-refractivity contribution < 1.29 is 22.8 Å². The standard InChI is InChI=1S/C22H22F3N3O2S/c1-12-8-13(2)19(14(3)9-12)27-21-28(4)20(30)17(31-21)11-18(29)26-16-7-5-6-15(10-16)22(23,24)25/h5-10,17H,11H2,1-4H3,(H,26,29)/t17-/m0/s1. The third kappa shape index (κ3) is 5.28. The lowest BCUT2D eigenvalue weighted by atomic mass is 10.1. The Bertz CT molecular complexity index is 1040. The van der Waals surface area contributed by atoms with Gasteiger partial charge in [-0.1, -0.05) is 35.5 Å². The Kier molecular flexibility index (Phi) is 6.45. The molecule has 1 aliphatic rings. The highest BCUT2D eigenvalue weighted by Gasteiger charge is 2.37. The van der Waals surface area contributed by atoms with Gasteiger partial charge >= 0.3 is 6.18 Å². The van der Waals surface area contributed by atoms with Crippen LogP contribution in [0, 0.1) is 20.8 Å². The minimum Gasteiger partial charge on any atom is -0.326 e. The molecule has 0 aromatic heterocycles. The summed E-state index contributed by atoms with van der Waals surface area (Å²) < 4.78 is 38.5. The first kappa shape index (κ1) is 22.9. The zero-order valence-electron chi connectivity index (χ0n) is 17.5. The van der Waals surface area contributed by atoms with E-state index in [9.17, 15) is 22.8 Å². The first-order chi connectivity index (χ1) is 14.5. The summed E-state index contributed by atoms with van der Waals surface area (Å²) in [6.45, 7) is 5.89. The number of aryl methyl sites for hydroxylation is 3. The van der Waals surface area contributed by atoms with Crippen molar-refractivity contribution in [1.29, 1.82) is 0 Å². The molecule has 0 saturated carbocycles. The van der Waals surface area contributed by atoms with E-state index in [2.05, 4.69) is 10.3 Å². The number of halogens is 3. The molecule has 3 rings (SSSR count). The number of hydrogen-bond acceptors (Lipinski definition) is 4. The molecule has 31 heavy (non-hydrogen) atoms. The van der Waals surface area contributed by atoms with Gasteiger partial charge in [0, 0.05) is 19.2 Å². The van der Waals surface area contributed by atoms with Crippen LogP contribution >= 0.6 is 11.8 Å². The summed E-state index contributed by atoms with van der Waals surface area (Å²) in [6, 6.07) is 8.40. The summed E-state index contributed by atoms with van der Waals surface area (Å²) in [7, 11) is 1.59. The van der Waals surface area contributed by atoms with Gasteiger partial charge in [-0.25, -0.2) is 4.99 Å². The first-order valence-electron chi connectivity index (χ1n) is 9.53. The van der Waals surface area contributed by atoms with Crippen molar-refractivity contribution in [3.63, 3.8) is 0 Å². The molecule has 2 aromatic rings. The molecule has 1 N–H and O–H groups in total. The van der Waals surface area contributed by atoms with E-state index in [1.807, 2.05) is 32.9 Å². The predicted octanol–water partition coefficient (Wildman–Crippen LogP) is 5.22. The average Bonchev–Trinajstić information content (AvgIpc) is 2.92. The highest BCUT2D eigenvalue weighted by atomic mass is 32.2. The van der Waals surface area contributed by atoms with Crippen LogP contribution < -0.4 is 5.32 Å². The molecule has 0 bridgehead atoms. The number of thioether (sulfide) groups is 1. The van der Waals surface area contributed by atoms with Crippen LogP contribution in [0.3, 0.4) is 0 Å². The van der Waals surface area contributed by atoms with Crippen LogP contribution in [0.4, 0.5) is 24.5 Å². The number of amidine groups is 1. The van der Waals surface area contributed by atoms with E-state index in [-0.39, 0.29) is 18.0 Å². The van der Waals surface area contributed by atoms with Gasteiger partial charge in [-0.05, 0) is 50.1 Å². The number of aliphatic imine (C=N–C) groups is 1. The summed E-state index contributed by atoms with van der Waals surface area (Å²) in [5.74, 6) is -0.812. The SMILES string of the molecule is Cc1cc(C)c(N=C2S[C@@H](CC(=O)Nc3cccc(C(F)(F)F)c3)C(=O)N2C)c(C)c1. The summed E-state index contributed by atoms with van der Waals surface area (Å²) in [4.78, 5) is 31.0. The smallest absolute Gasteiger partial charge is 0.326 e. The van der Waals surface area contributed by atoms with Crippen LogP contribution in [0.15, 0.2) is 41.4 Å². The molecule has 164 valence electrons. The second kappa shape index (κ2) is 8.74. The highest BCUT2D eigenvalue weighted by molar-refractivity contribution is 8.15. The number of hydrogen-bond donors (Lipinski definition) is 1. The van der Waals surface area contributed by atoms with E-state index >= 15 is 0 Å². The Labute approximate surface area is 182 Å². The lowest BCUT2D eigenvalue weighted by Gasteiger charge is -2.11. The second-order valence-corrected chi connectivity index (χ2v) is 8.65. The Morgan fingerprint density at radius 2 is 1.81 bits per heavy atom. The van der Waals surface area contributed by atoms with Crippen LogP contribution in [-0.4, -0.2) is 34.2 Å². The van der Waals surface area contributed by atoms with Gasteiger partial charge in [-0.2, -0.15) is 13.2 Å². The van der Waals surface area contributed by atoms with E-state index in [0.29, 0.717) is 5.17 Å². The largest absolute Gasteiger partial charge is 0.416 e. The number of nitrogens with one attached hydrogen (secondary N) is 1. The molecule has 2 aromatic carbocycles. The molecule has 1 fully saturated rings. The number of nitrogens with zero attached hydrogens (tertiary/aromatic N) is 2. The van der Waals surface area contributed by atoms with Gasteiger partial charge in [-0.15, -0.1) is 0 Å². The zero-order chi connectivity index (χ0) is 22.9. The molecular formula is C22H22F3N3O2S. The van der Waals surface area contributed by atoms with Gasteiger partial charge in [0.15, 0.2) is 5.17 Å². The van der Waals surface area contributed by atoms with Gasteiger partial charge in [-0.3, -0.25) is 14.5 Å². The van der Waals surface area contributed by atoms with E-state index in [4.69, 9.17) is 0 Å². The van der Waals surface area contributed by atoms with E-state index < -0.39 is 22.9 Å². The van der Waals surface area contributed by atoms with Gasteiger partial charge in [0.05, 0.1) is 11.3 Å². The molecule has 9 heteroatoms. The van der Waals surface area contributed by atoms with Gasteiger partial charge in [0.2, 0.25) is 11.8 Å². The van der Waals surface area contributed by atoms with E-state index in [1.165, 1.54) is 28.8 Å². The van der Waals surface area contributed by atoms with Crippen LogP contribution in [-0.2, 0) is 15.8 Å². The fourth-order valence-corrected chi connectivity index (χ4v) is 4.54. The number of carbonyl (C=O) groups excluding carboxylic acids is 2. The molecule has 1 saturated heterocycles. The van der Waals surface area contributed by atoms with Crippen LogP contribution in [0.25, 0.3) is 0 Å². The molecule has 0 aliphatic carbocycles. The second-order valence-electron chi connectivity index (χ2n) is 7.48. The first-order valence-corrected chi connectivity index (χ1v) is 10.4. The van der Waals surface area contributed by atoms with Gasteiger partial charge in [0.1, 0.15) is 5.25 Å². The average molecular weight is 449 g/mol. The molecule has 1 aliphatic heterocycles. The Morgan fingerprint density at radius 3 is 2.42 bits per heavy atom. The van der Waals surface area contributed by atoms with Crippen molar-refractivity contribution >= 4 is 40.1 Å². The zero-order valence-corrected chi connectivity index (χ0v) is 18.3. The third-order valence-corrected chi connectivity index (χ3v) is 6.06. The number of alkyl halides is 3. The van der Waals surface area contributed by atoms with Gasteiger partial charge < -0.3 is 5.32 Å². The van der Waals surface area contributed by atoms with Crippen molar-refractivity contribution in [1.82, 2.24) is 4.90 Å². The predicted molar refractivity (Wildman–Crippen MR) is 117 cm³/mol. The molecule has 0 radical (unpaired) electrons. The number of rotatable bonds is 4. The van der Waals surface area contributed by atoms with Crippen LogP contribution in [0.2, 0.25) is 0 Å². The van der Waals surface area contributed by atoms with E-state index in [1.54, 1.807) is 7.05 Å². The summed E-state index contributed by atoms with van der Waals surface area (Å²) >= 11 is 1.18. The van der Waals surface area contributed by atoms with E-state index in [0.717, 1.165) is 34.5 Å². The number of carbonyl (C=O) groups is 2. The maximum atomic E-state index is 12.8. The maximum absolute atomic E-state index is 12.8. The highest BCUT2D eigenvalue weighted by Crippen LogP contribution is 2.34. The number of amides is 2. The molecule has 0 unspecified atom stereocenters. The number of benzene rings is 2. The van der Waals surface area contributed by atoms with Crippen LogP contribution in [0.5, 0.6) is 0 Å². The Balaban J connectivity index is 1.72. The molecule has 1 heterocycles. The summed E-state index contributed by atoms with van der Waals surface area (Å²) in [5, 5.41) is 2.23. The van der Waals surface area contributed by atoms with Crippen molar-refractivity contribution in [3.05, 3.63) is 58.7 Å². The monoisotopic (exact) mass is 449 g/mol. The van der Waals surface area contributed by atoms with Crippen molar-refractivity contribution in [2.24, 2.45) is 4.99 Å². The summed E-state index contributed by atoms with van der Waals surface area (Å²) in [5.41, 5.74) is 3.04. The quantitative estimate of drug-likeness (QED) is 0.696. The molecule has 2 amide bonds. The van der Waals surface area contributed by atoms with Crippen molar-refractivity contribution in [2.45, 2.75) is 38.6 Å². The molecule has 1 atom stereocenters. The number of anilines is 1. The maximum Gasteiger partial charge on any atom is 0.416 e. The molecule has 5 nitrogen and oxygen atoms in total. The summed E-state index contributed by atoms with van der Waals surface area (Å²) in [6.07, 6.45) is -4.67. The van der Waals surface area contributed by atoms with Gasteiger partial charge in [0.25, 0.3) is 0 Å². The Hall–Kier alpha value is -2.81. The molecular weight excluding hydrogens is 427 g/mol. The third-order valence-electron chi connectivity index (χ3n) is 4.83. The topological polar surface area (TPSA) is 61.8 Å². The minimum atomic E-state index is -4.50. The normalized spacial score (nSPS) is 18.0. The lowest BCUT2D eigenvalue weighted by molar-refractivity contribution is -0.137. The minimum absolute atomic E-state index is 0.0309. The van der Waals surface area contributed by atoms with Crippen molar-refractivity contribution in [3.8, 4) is 0 Å². The fourth-order valence-electron chi connectivity index (χ4n) is 3.40. The lowest BCUT2D eigenvalue weighted by Crippen LogP contribution is -2.30.